The number of urea groups is 1. The maximum absolute atomic E-state index is 13.4. The van der Waals surface area contributed by atoms with Crippen LogP contribution in [0.3, 0.4) is 0 Å². The molecule has 1 saturated heterocycles. The first-order valence-electron chi connectivity index (χ1n) is 11.0. The molecule has 1 aromatic heterocycles. The molecule has 4 rings (SSSR count). The van der Waals surface area contributed by atoms with Crippen LogP contribution in [0.15, 0.2) is 27.4 Å². The molecule has 2 fully saturated rings. The van der Waals surface area contributed by atoms with Gasteiger partial charge in [-0.3, -0.25) is 9.69 Å². The molecule has 2 heterocycles. The molecule has 1 saturated carbocycles. The van der Waals surface area contributed by atoms with Crippen LogP contribution in [0, 0.1) is 6.92 Å². The van der Waals surface area contributed by atoms with E-state index in [1.165, 1.54) is 17.4 Å². The molecule has 160 valence electrons. The van der Waals surface area contributed by atoms with Gasteiger partial charge in [0.05, 0.1) is 6.54 Å². The van der Waals surface area contributed by atoms with Crippen LogP contribution in [-0.4, -0.2) is 22.4 Å². The molecule has 0 radical (unpaired) electrons. The van der Waals surface area contributed by atoms with Crippen LogP contribution < -0.4 is 10.9 Å². The largest absolute Gasteiger partial charge is 0.423 e. The third-order valence-electron chi connectivity index (χ3n) is 6.62. The normalized spacial score (nSPS) is 19.4. The van der Waals surface area contributed by atoms with Crippen LogP contribution >= 0.6 is 0 Å². The molecule has 1 aromatic carbocycles. The molecule has 0 unspecified atom stereocenters. The number of hydrogen-bond acceptors (Lipinski definition) is 4. The highest BCUT2D eigenvalue weighted by molar-refractivity contribution is 6.07. The van der Waals surface area contributed by atoms with Crippen molar-refractivity contribution < 1.29 is 14.0 Å². The van der Waals surface area contributed by atoms with Gasteiger partial charge >= 0.3 is 11.7 Å². The van der Waals surface area contributed by atoms with Gasteiger partial charge in [0.2, 0.25) is 0 Å². The molecular formula is C24H30N2O4. The van der Waals surface area contributed by atoms with Crippen LogP contribution in [0.25, 0.3) is 11.0 Å². The van der Waals surface area contributed by atoms with Crippen molar-refractivity contribution >= 4 is 22.9 Å². The van der Waals surface area contributed by atoms with Gasteiger partial charge in [0, 0.05) is 11.5 Å². The molecule has 0 atom stereocenters. The molecular weight excluding hydrogens is 380 g/mol. The van der Waals surface area contributed by atoms with Gasteiger partial charge in [0.15, 0.2) is 0 Å². The minimum Gasteiger partial charge on any atom is -0.423 e. The first-order valence-corrected chi connectivity index (χ1v) is 11.0. The lowest BCUT2D eigenvalue weighted by molar-refractivity contribution is -0.132. The molecule has 6 nitrogen and oxygen atoms in total. The van der Waals surface area contributed by atoms with Crippen LogP contribution in [0.5, 0.6) is 0 Å². The molecule has 6 heteroatoms. The van der Waals surface area contributed by atoms with E-state index in [0.717, 1.165) is 42.2 Å². The SMILES string of the molecule is Cc1cc2oc(=O)cc(CN3C(=O)NC4(CCCCCCC4)C3=O)c2cc1C(C)C. The second-order valence-corrected chi connectivity index (χ2v) is 9.12. The Labute approximate surface area is 176 Å². The van der Waals surface area contributed by atoms with Gasteiger partial charge in [-0.1, -0.05) is 46.0 Å². The molecule has 3 amide bonds. The minimum absolute atomic E-state index is 0.0785. The van der Waals surface area contributed by atoms with Crippen molar-refractivity contribution in [2.45, 2.75) is 83.7 Å². The number of rotatable bonds is 3. The maximum Gasteiger partial charge on any atom is 0.336 e. The molecule has 2 aromatic rings. The van der Waals surface area contributed by atoms with Gasteiger partial charge in [-0.2, -0.15) is 0 Å². The summed E-state index contributed by atoms with van der Waals surface area (Å²) in [4.78, 5) is 39.6. The lowest BCUT2D eigenvalue weighted by Gasteiger charge is -2.28. The predicted molar refractivity (Wildman–Crippen MR) is 115 cm³/mol. The average Bonchev–Trinajstić information content (AvgIpc) is 2.89. The second-order valence-electron chi connectivity index (χ2n) is 9.12. The third-order valence-corrected chi connectivity index (χ3v) is 6.62. The number of nitrogens with zero attached hydrogens (tertiary/aromatic N) is 1. The Morgan fingerprint density at radius 3 is 2.37 bits per heavy atom. The Hall–Kier alpha value is -2.63. The summed E-state index contributed by atoms with van der Waals surface area (Å²) in [5.41, 5.74) is 2.10. The van der Waals surface area contributed by atoms with Gasteiger partial charge in [0.25, 0.3) is 5.91 Å². The van der Waals surface area contributed by atoms with E-state index in [9.17, 15) is 14.4 Å². The van der Waals surface area contributed by atoms with E-state index in [0.29, 0.717) is 29.9 Å². The summed E-state index contributed by atoms with van der Waals surface area (Å²) in [5, 5.41) is 3.78. The summed E-state index contributed by atoms with van der Waals surface area (Å²) in [7, 11) is 0. The standard InChI is InChI=1S/C24H30N2O4/c1-15(2)18-13-19-17(12-21(27)30-20(19)11-16(18)3)14-26-22(28)24(25-23(26)29)9-7-5-4-6-8-10-24/h11-13,15H,4-10,14H2,1-3H3,(H,25,29). The zero-order valence-corrected chi connectivity index (χ0v) is 18.0. The number of imide groups is 1. The van der Waals surface area contributed by atoms with Crippen molar-refractivity contribution in [3.8, 4) is 0 Å². The summed E-state index contributed by atoms with van der Waals surface area (Å²) in [5.74, 6) is 0.149. The second kappa shape index (κ2) is 7.89. The number of nitrogens with one attached hydrogen (secondary N) is 1. The maximum atomic E-state index is 13.4. The summed E-state index contributed by atoms with van der Waals surface area (Å²) in [6.07, 6.45) is 6.61. The fourth-order valence-corrected chi connectivity index (χ4v) is 4.98. The Kier molecular flexibility index (Phi) is 5.43. The molecule has 1 N–H and O–H groups in total. The van der Waals surface area contributed by atoms with Crippen molar-refractivity contribution in [3.63, 3.8) is 0 Å². The van der Waals surface area contributed by atoms with Gasteiger partial charge in [0.1, 0.15) is 11.1 Å². The number of benzene rings is 1. The lowest BCUT2D eigenvalue weighted by atomic mass is 9.84. The quantitative estimate of drug-likeness (QED) is 0.584. The van der Waals surface area contributed by atoms with E-state index in [-0.39, 0.29) is 18.5 Å². The molecule has 1 aliphatic heterocycles. The minimum atomic E-state index is -0.785. The van der Waals surface area contributed by atoms with Crippen molar-refractivity contribution in [2.24, 2.45) is 0 Å². The first-order chi connectivity index (χ1) is 14.3. The highest BCUT2D eigenvalue weighted by atomic mass is 16.4. The molecule has 30 heavy (non-hydrogen) atoms. The Morgan fingerprint density at radius 2 is 1.70 bits per heavy atom. The first kappa shape index (κ1) is 20.6. The Morgan fingerprint density at radius 1 is 1.03 bits per heavy atom. The number of hydrogen-bond donors (Lipinski definition) is 1. The summed E-state index contributed by atoms with van der Waals surface area (Å²) >= 11 is 0. The molecule has 1 spiro atoms. The average molecular weight is 411 g/mol. The summed E-state index contributed by atoms with van der Waals surface area (Å²) in [6.45, 7) is 6.30. The third kappa shape index (κ3) is 3.64. The van der Waals surface area contributed by atoms with E-state index in [2.05, 4.69) is 19.2 Å². The zero-order chi connectivity index (χ0) is 21.5. The van der Waals surface area contributed by atoms with Crippen LogP contribution in [-0.2, 0) is 11.3 Å². The molecule has 1 aliphatic carbocycles. The number of amides is 3. The van der Waals surface area contributed by atoms with Crippen molar-refractivity contribution in [1.29, 1.82) is 0 Å². The van der Waals surface area contributed by atoms with E-state index < -0.39 is 11.2 Å². The predicted octanol–water partition coefficient (Wildman–Crippen LogP) is 4.76. The van der Waals surface area contributed by atoms with Gasteiger partial charge < -0.3 is 9.73 Å². The van der Waals surface area contributed by atoms with Crippen LogP contribution in [0.4, 0.5) is 4.79 Å². The zero-order valence-electron chi connectivity index (χ0n) is 18.0. The smallest absolute Gasteiger partial charge is 0.336 e. The molecule has 2 aliphatic rings. The highest BCUT2D eigenvalue weighted by Gasteiger charge is 2.50. The van der Waals surface area contributed by atoms with E-state index in [1.807, 2.05) is 19.1 Å². The van der Waals surface area contributed by atoms with Crippen LogP contribution in [0.1, 0.15) is 81.4 Å². The Bertz CT molecular complexity index is 1050. The lowest BCUT2D eigenvalue weighted by Crippen LogP contribution is -2.47. The number of carbonyl (C=O) groups is 2. The Balaban J connectivity index is 1.71. The fraction of sp³-hybridized carbons (Fsp3) is 0.542. The number of fused-ring (bicyclic) bond motifs is 1. The van der Waals surface area contributed by atoms with Crippen molar-refractivity contribution in [2.75, 3.05) is 0 Å². The van der Waals surface area contributed by atoms with E-state index in [4.69, 9.17) is 4.42 Å². The fourth-order valence-electron chi connectivity index (χ4n) is 4.98. The van der Waals surface area contributed by atoms with Crippen molar-refractivity contribution in [3.05, 3.63) is 45.3 Å². The summed E-state index contributed by atoms with van der Waals surface area (Å²) < 4.78 is 5.42. The number of aryl methyl sites for hydroxylation is 1. The van der Waals surface area contributed by atoms with Crippen molar-refractivity contribution in [1.82, 2.24) is 10.2 Å². The number of carbonyl (C=O) groups excluding carboxylic acids is 2. The van der Waals surface area contributed by atoms with E-state index >= 15 is 0 Å². The van der Waals surface area contributed by atoms with Gasteiger partial charge in [-0.05, 0) is 54.5 Å². The van der Waals surface area contributed by atoms with Crippen LogP contribution in [0.2, 0.25) is 0 Å². The summed E-state index contributed by atoms with van der Waals surface area (Å²) in [6, 6.07) is 4.94. The molecule has 0 bridgehead atoms. The van der Waals surface area contributed by atoms with E-state index in [1.54, 1.807) is 0 Å². The monoisotopic (exact) mass is 410 g/mol. The van der Waals surface area contributed by atoms with Gasteiger partial charge in [-0.25, -0.2) is 9.59 Å². The van der Waals surface area contributed by atoms with Gasteiger partial charge in [-0.15, -0.1) is 0 Å². The topological polar surface area (TPSA) is 79.6 Å². The highest BCUT2D eigenvalue weighted by Crippen LogP contribution is 2.34.